The van der Waals surface area contributed by atoms with Crippen molar-refractivity contribution >= 4 is 23.2 Å². The molecule has 0 aromatic heterocycles. The number of rotatable bonds is 11. The van der Waals surface area contributed by atoms with Gasteiger partial charge < -0.3 is 22.1 Å². The van der Waals surface area contributed by atoms with Crippen LogP contribution in [0.3, 0.4) is 0 Å². The smallest absolute Gasteiger partial charge is 0.366 e. The van der Waals surface area contributed by atoms with E-state index in [1.807, 2.05) is 0 Å². The Hall–Kier alpha value is -4.95. The number of hydrogen-bond acceptors (Lipinski definition) is 5. The zero-order valence-electron chi connectivity index (χ0n) is 23.0. The Labute approximate surface area is 245 Å². The Morgan fingerprint density at radius 3 is 2.37 bits per heavy atom. The highest BCUT2D eigenvalue weighted by atomic mass is 19.4. The van der Waals surface area contributed by atoms with Gasteiger partial charge in [0.05, 0.1) is 28.4 Å². The van der Waals surface area contributed by atoms with Crippen molar-refractivity contribution in [1.29, 1.82) is 5.26 Å². The molecule has 0 heterocycles. The summed E-state index contributed by atoms with van der Waals surface area (Å²) in [6.07, 6.45) is -0.969. The van der Waals surface area contributed by atoms with Crippen LogP contribution in [0.1, 0.15) is 52.7 Å². The van der Waals surface area contributed by atoms with E-state index in [1.165, 1.54) is 36.4 Å². The number of nitrogens with zero attached hydrogens (tertiary/aromatic N) is 1. The summed E-state index contributed by atoms with van der Waals surface area (Å²) in [5.74, 6) is -2.24. The van der Waals surface area contributed by atoms with E-state index < -0.39 is 40.6 Å². The van der Waals surface area contributed by atoms with Gasteiger partial charge in [0, 0.05) is 11.3 Å². The normalized spacial score (nSPS) is 14.7. The molecule has 1 aliphatic carbocycles. The van der Waals surface area contributed by atoms with Crippen molar-refractivity contribution in [1.82, 2.24) is 0 Å². The summed E-state index contributed by atoms with van der Waals surface area (Å²) in [6.45, 7) is 2.98. The Kier molecular flexibility index (Phi) is 9.01. The molecule has 1 saturated carbocycles. The fourth-order valence-corrected chi connectivity index (χ4v) is 4.57. The number of amides is 2. The van der Waals surface area contributed by atoms with Crippen LogP contribution in [0, 0.1) is 23.1 Å². The van der Waals surface area contributed by atoms with Crippen LogP contribution >= 0.6 is 0 Å². The number of benzene rings is 3. The van der Waals surface area contributed by atoms with Crippen molar-refractivity contribution in [2.75, 3.05) is 10.6 Å². The molecule has 4 rings (SSSR count). The number of nitriles is 1. The van der Waals surface area contributed by atoms with Crippen molar-refractivity contribution in [2.45, 2.75) is 37.4 Å². The fraction of sp³-hybridized carbons (Fsp3) is 0.219. The van der Waals surface area contributed by atoms with Gasteiger partial charge in [-0.25, -0.2) is 4.39 Å². The summed E-state index contributed by atoms with van der Waals surface area (Å²) in [5.41, 5.74) is 10.4. The number of halogens is 4. The molecular weight excluding hydrogens is 562 g/mol. The summed E-state index contributed by atoms with van der Waals surface area (Å²) in [4.78, 5) is 24.9. The highest BCUT2D eigenvalue weighted by Crippen LogP contribution is 2.40. The van der Waals surface area contributed by atoms with E-state index in [1.54, 1.807) is 24.3 Å². The molecule has 222 valence electrons. The third-order valence-corrected chi connectivity index (χ3v) is 7.23. The molecule has 0 aliphatic heterocycles. The number of primary amides is 1. The SMILES string of the molecule is C=C(/C=C(\Nc1cccc(C(N)=O)c1)C(=O)Nc1cc(C(N)(CCC2CC2)c2cccc(C#N)c2)ccc1F)C(F)(F)F. The molecule has 1 aliphatic rings. The van der Waals surface area contributed by atoms with Crippen LogP contribution in [0.15, 0.2) is 90.7 Å². The molecule has 1 atom stereocenters. The summed E-state index contributed by atoms with van der Waals surface area (Å²) in [7, 11) is 0. The number of nitrogens with one attached hydrogen (secondary N) is 2. The molecule has 6 N–H and O–H groups in total. The lowest BCUT2D eigenvalue weighted by Crippen LogP contribution is -2.38. The van der Waals surface area contributed by atoms with E-state index in [-0.39, 0.29) is 16.9 Å². The number of carbonyl (C=O) groups excluding carboxylic acids is 2. The van der Waals surface area contributed by atoms with Gasteiger partial charge in [0.25, 0.3) is 5.91 Å². The third kappa shape index (κ3) is 7.67. The molecule has 1 fully saturated rings. The fourth-order valence-electron chi connectivity index (χ4n) is 4.57. The first-order valence-electron chi connectivity index (χ1n) is 13.4. The van der Waals surface area contributed by atoms with Crippen molar-refractivity contribution in [2.24, 2.45) is 17.4 Å². The molecule has 0 bridgehead atoms. The zero-order chi connectivity index (χ0) is 31.4. The molecule has 0 spiro atoms. The maximum Gasteiger partial charge on any atom is 0.415 e. The predicted molar refractivity (Wildman–Crippen MR) is 155 cm³/mol. The molecule has 3 aromatic carbocycles. The molecular formula is C32H29F4N5O2. The van der Waals surface area contributed by atoms with E-state index in [0.717, 1.165) is 25.3 Å². The van der Waals surface area contributed by atoms with Gasteiger partial charge in [-0.05, 0) is 78.4 Å². The molecule has 11 heteroatoms. The van der Waals surface area contributed by atoms with E-state index in [2.05, 4.69) is 23.3 Å². The number of anilines is 2. The Morgan fingerprint density at radius 2 is 1.72 bits per heavy atom. The topological polar surface area (TPSA) is 134 Å². The van der Waals surface area contributed by atoms with Crippen LogP contribution in [-0.2, 0) is 10.3 Å². The minimum atomic E-state index is -4.86. The number of hydrogen-bond donors (Lipinski definition) is 4. The van der Waals surface area contributed by atoms with Crippen LogP contribution in [0.4, 0.5) is 28.9 Å². The molecule has 0 radical (unpaired) electrons. The van der Waals surface area contributed by atoms with Crippen molar-refractivity contribution in [3.05, 3.63) is 119 Å². The van der Waals surface area contributed by atoms with Gasteiger partial charge in [0.1, 0.15) is 11.5 Å². The van der Waals surface area contributed by atoms with Gasteiger partial charge in [-0.2, -0.15) is 18.4 Å². The summed E-state index contributed by atoms with van der Waals surface area (Å²) < 4.78 is 55.1. The second-order valence-electron chi connectivity index (χ2n) is 10.4. The van der Waals surface area contributed by atoms with E-state index in [0.29, 0.717) is 35.1 Å². The average molecular weight is 592 g/mol. The highest BCUT2D eigenvalue weighted by molar-refractivity contribution is 6.06. The van der Waals surface area contributed by atoms with Gasteiger partial charge in [-0.3, -0.25) is 9.59 Å². The lowest BCUT2D eigenvalue weighted by Gasteiger charge is -2.32. The van der Waals surface area contributed by atoms with Crippen molar-refractivity contribution in [3.8, 4) is 6.07 Å². The lowest BCUT2D eigenvalue weighted by molar-refractivity contribution is -0.112. The summed E-state index contributed by atoms with van der Waals surface area (Å²) >= 11 is 0. The first-order valence-corrected chi connectivity index (χ1v) is 13.4. The molecule has 43 heavy (non-hydrogen) atoms. The Balaban J connectivity index is 1.70. The summed E-state index contributed by atoms with van der Waals surface area (Å²) in [6, 6.07) is 18.2. The molecule has 7 nitrogen and oxygen atoms in total. The van der Waals surface area contributed by atoms with Crippen LogP contribution in [-0.4, -0.2) is 18.0 Å². The van der Waals surface area contributed by atoms with Gasteiger partial charge in [0.2, 0.25) is 5.91 Å². The first kappa shape index (κ1) is 31.0. The second kappa shape index (κ2) is 12.5. The molecule has 0 saturated heterocycles. The number of carbonyl (C=O) groups is 2. The quantitative estimate of drug-likeness (QED) is 0.119. The molecule has 3 aromatic rings. The van der Waals surface area contributed by atoms with Gasteiger partial charge in [-0.15, -0.1) is 0 Å². The standard InChI is InChI=1S/C32H29F4N5O2/c1-19(32(34,35)36)14-28(40-25-7-3-5-22(16-25)29(38)42)30(43)41-27-17-24(10-11-26(27)33)31(39,13-12-20-8-9-20)23-6-2-4-21(15-23)18-37/h2-7,10-11,14-17,20,40H,1,8-9,12-13,39H2,(H2,38,42)(H,41,43)/b28-14-. The highest BCUT2D eigenvalue weighted by Gasteiger charge is 2.34. The summed E-state index contributed by atoms with van der Waals surface area (Å²) in [5, 5.41) is 14.3. The van der Waals surface area contributed by atoms with E-state index >= 15 is 4.39 Å². The predicted octanol–water partition coefficient (Wildman–Crippen LogP) is 6.24. The monoisotopic (exact) mass is 591 g/mol. The minimum Gasteiger partial charge on any atom is -0.366 e. The van der Waals surface area contributed by atoms with E-state index in [9.17, 15) is 28.0 Å². The Bertz CT molecular complexity index is 1640. The lowest BCUT2D eigenvalue weighted by atomic mass is 9.79. The van der Waals surface area contributed by atoms with Crippen LogP contribution in [0.5, 0.6) is 0 Å². The first-order chi connectivity index (χ1) is 20.3. The maximum absolute atomic E-state index is 15.1. The molecule has 2 amide bonds. The maximum atomic E-state index is 15.1. The molecule has 1 unspecified atom stereocenters. The minimum absolute atomic E-state index is 0.0455. The number of allylic oxidation sites excluding steroid dienone is 2. The number of nitrogens with two attached hydrogens (primary N) is 2. The van der Waals surface area contributed by atoms with Crippen molar-refractivity contribution < 1.29 is 27.2 Å². The van der Waals surface area contributed by atoms with Crippen molar-refractivity contribution in [3.63, 3.8) is 0 Å². The van der Waals surface area contributed by atoms with Gasteiger partial charge >= 0.3 is 6.18 Å². The largest absolute Gasteiger partial charge is 0.415 e. The van der Waals surface area contributed by atoms with Crippen LogP contribution < -0.4 is 22.1 Å². The number of alkyl halides is 3. The van der Waals surface area contributed by atoms with E-state index in [4.69, 9.17) is 11.5 Å². The third-order valence-electron chi connectivity index (χ3n) is 7.23. The Morgan fingerprint density at radius 1 is 1.02 bits per heavy atom. The van der Waals surface area contributed by atoms with Gasteiger partial charge in [0.15, 0.2) is 0 Å². The van der Waals surface area contributed by atoms with Crippen LogP contribution in [0.25, 0.3) is 0 Å². The van der Waals surface area contributed by atoms with Crippen LogP contribution in [0.2, 0.25) is 0 Å². The second-order valence-corrected chi connectivity index (χ2v) is 10.4. The van der Waals surface area contributed by atoms with Gasteiger partial charge in [-0.1, -0.05) is 43.7 Å². The average Bonchev–Trinajstić information content (AvgIpc) is 3.81. The zero-order valence-corrected chi connectivity index (χ0v) is 23.0.